The first kappa shape index (κ1) is 20.7. The number of likely N-dealkylation sites (N-methyl/N-ethyl adjacent to an activating group) is 1. The zero-order chi connectivity index (χ0) is 20.4. The Kier molecular flexibility index (Phi) is 7.79. The second-order valence-electron chi connectivity index (χ2n) is 5.87. The van der Waals surface area contributed by atoms with Crippen molar-refractivity contribution in [2.45, 2.75) is 20.5 Å². The predicted octanol–water partition coefficient (Wildman–Crippen LogP) is 3.04. The van der Waals surface area contributed by atoms with Crippen LogP contribution in [0.5, 0.6) is 0 Å². The molecule has 1 amide bonds. The lowest BCUT2D eigenvalue weighted by Crippen LogP contribution is -2.29. The van der Waals surface area contributed by atoms with Gasteiger partial charge in [-0.15, -0.1) is 0 Å². The van der Waals surface area contributed by atoms with E-state index in [0.717, 1.165) is 16.7 Å². The molecule has 2 aromatic rings. The summed E-state index contributed by atoms with van der Waals surface area (Å²) >= 11 is 0. The van der Waals surface area contributed by atoms with E-state index >= 15 is 0 Å². The summed E-state index contributed by atoms with van der Waals surface area (Å²) in [7, 11) is 2.94. The SMILES string of the molecule is CNC(=O)/C(=N/OC)c1cccc(C)c1CO/N=C(\C)C#Cc1ccccc1. The third-order valence-electron chi connectivity index (χ3n) is 3.86. The summed E-state index contributed by atoms with van der Waals surface area (Å²) in [6, 6.07) is 15.2. The minimum Gasteiger partial charge on any atom is -0.398 e. The first-order chi connectivity index (χ1) is 13.6. The molecule has 28 heavy (non-hydrogen) atoms. The van der Waals surface area contributed by atoms with E-state index in [9.17, 15) is 4.79 Å². The molecule has 0 heterocycles. The fraction of sp³-hybridized carbons (Fsp3) is 0.227. The van der Waals surface area contributed by atoms with Crippen LogP contribution >= 0.6 is 0 Å². The predicted molar refractivity (Wildman–Crippen MR) is 110 cm³/mol. The van der Waals surface area contributed by atoms with Crippen molar-refractivity contribution in [3.63, 3.8) is 0 Å². The van der Waals surface area contributed by atoms with Gasteiger partial charge in [0.1, 0.15) is 19.4 Å². The van der Waals surface area contributed by atoms with Crippen molar-refractivity contribution >= 4 is 17.3 Å². The molecular formula is C22H23N3O3. The Bertz CT molecular complexity index is 938. The fourth-order valence-corrected chi connectivity index (χ4v) is 2.44. The maximum Gasteiger partial charge on any atom is 0.273 e. The van der Waals surface area contributed by atoms with Crippen LogP contribution in [-0.4, -0.2) is 31.5 Å². The molecule has 0 saturated heterocycles. The molecule has 0 atom stereocenters. The molecule has 6 heteroatoms. The number of oxime groups is 2. The second kappa shape index (κ2) is 10.5. The third-order valence-corrected chi connectivity index (χ3v) is 3.86. The Morgan fingerprint density at radius 3 is 2.54 bits per heavy atom. The lowest BCUT2D eigenvalue weighted by atomic mass is 9.98. The summed E-state index contributed by atoms with van der Waals surface area (Å²) in [6.45, 7) is 3.88. The van der Waals surface area contributed by atoms with Crippen molar-refractivity contribution in [3.8, 4) is 11.8 Å². The zero-order valence-corrected chi connectivity index (χ0v) is 16.4. The first-order valence-corrected chi connectivity index (χ1v) is 8.72. The molecule has 0 radical (unpaired) electrons. The van der Waals surface area contributed by atoms with Gasteiger partial charge in [0.05, 0.1) is 0 Å². The number of carbonyl (C=O) groups excluding carboxylic acids is 1. The van der Waals surface area contributed by atoms with Crippen molar-refractivity contribution in [2.75, 3.05) is 14.2 Å². The van der Waals surface area contributed by atoms with Crippen LogP contribution < -0.4 is 5.32 Å². The van der Waals surface area contributed by atoms with Gasteiger partial charge >= 0.3 is 0 Å². The minimum absolute atomic E-state index is 0.173. The summed E-state index contributed by atoms with van der Waals surface area (Å²) in [5, 5.41) is 10.5. The molecule has 0 spiro atoms. The van der Waals surface area contributed by atoms with E-state index in [-0.39, 0.29) is 18.2 Å². The van der Waals surface area contributed by atoms with Gasteiger partial charge in [-0.3, -0.25) is 4.79 Å². The molecule has 0 aliphatic rings. The normalized spacial score (nSPS) is 11.3. The monoisotopic (exact) mass is 377 g/mol. The third kappa shape index (κ3) is 5.71. The van der Waals surface area contributed by atoms with Crippen LogP contribution in [0.2, 0.25) is 0 Å². The van der Waals surface area contributed by atoms with E-state index in [1.165, 1.54) is 7.11 Å². The van der Waals surface area contributed by atoms with Crippen molar-refractivity contribution in [2.24, 2.45) is 10.3 Å². The van der Waals surface area contributed by atoms with Gasteiger partial charge in [0.25, 0.3) is 5.91 Å². The van der Waals surface area contributed by atoms with Crippen LogP contribution in [0, 0.1) is 18.8 Å². The van der Waals surface area contributed by atoms with Gasteiger partial charge in [-0.1, -0.05) is 52.6 Å². The van der Waals surface area contributed by atoms with E-state index in [2.05, 4.69) is 27.5 Å². The first-order valence-electron chi connectivity index (χ1n) is 8.72. The molecule has 2 aromatic carbocycles. The van der Waals surface area contributed by atoms with Gasteiger partial charge in [0, 0.05) is 23.7 Å². The number of carbonyl (C=O) groups is 1. The van der Waals surface area contributed by atoms with E-state index in [0.29, 0.717) is 11.3 Å². The van der Waals surface area contributed by atoms with Gasteiger partial charge in [-0.25, -0.2) is 0 Å². The molecule has 6 nitrogen and oxygen atoms in total. The summed E-state index contributed by atoms with van der Waals surface area (Å²) < 4.78 is 0. The van der Waals surface area contributed by atoms with E-state index in [1.807, 2.05) is 49.4 Å². The van der Waals surface area contributed by atoms with Gasteiger partial charge in [0.2, 0.25) is 0 Å². The quantitative estimate of drug-likeness (QED) is 0.478. The van der Waals surface area contributed by atoms with Crippen molar-refractivity contribution in [1.29, 1.82) is 0 Å². The smallest absolute Gasteiger partial charge is 0.273 e. The Hall–Kier alpha value is -3.59. The largest absolute Gasteiger partial charge is 0.398 e. The van der Waals surface area contributed by atoms with E-state index in [1.54, 1.807) is 20.0 Å². The summed E-state index contributed by atoms with van der Waals surface area (Å²) in [6.07, 6.45) is 0. The summed E-state index contributed by atoms with van der Waals surface area (Å²) in [5.74, 6) is 5.63. The van der Waals surface area contributed by atoms with Gasteiger partial charge in [0.15, 0.2) is 5.71 Å². The maximum atomic E-state index is 12.2. The van der Waals surface area contributed by atoms with Crippen LogP contribution in [0.25, 0.3) is 0 Å². The second-order valence-corrected chi connectivity index (χ2v) is 5.87. The molecule has 0 aliphatic heterocycles. The minimum atomic E-state index is -0.345. The van der Waals surface area contributed by atoms with Gasteiger partial charge in [-0.2, -0.15) is 0 Å². The standard InChI is InChI=1S/C22H23N3O3/c1-16-9-8-12-19(21(25-27-4)22(26)23-3)20(16)15-28-24-17(2)13-14-18-10-6-5-7-11-18/h5-12H,15H2,1-4H3,(H,23,26)/b24-17+,25-21+. The van der Waals surface area contributed by atoms with Crippen LogP contribution in [0.3, 0.4) is 0 Å². The number of hydrogen-bond acceptors (Lipinski definition) is 5. The molecule has 1 N–H and O–H groups in total. The average molecular weight is 377 g/mol. The highest BCUT2D eigenvalue weighted by molar-refractivity contribution is 6.45. The lowest BCUT2D eigenvalue weighted by Gasteiger charge is -2.12. The lowest BCUT2D eigenvalue weighted by molar-refractivity contribution is -0.114. The Morgan fingerprint density at radius 2 is 1.86 bits per heavy atom. The van der Waals surface area contributed by atoms with Gasteiger partial charge in [-0.05, 0) is 37.5 Å². The molecule has 0 bridgehead atoms. The van der Waals surface area contributed by atoms with Crippen LogP contribution in [0.4, 0.5) is 0 Å². The highest BCUT2D eigenvalue weighted by Crippen LogP contribution is 2.17. The van der Waals surface area contributed by atoms with Crippen molar-refractivity contribution < 1.29 is 14.5 Å². The van der Waals surface area contributed by atoms with Crippen LogP contribution in [0.15, 0.2) is 58.8 Å². The zero-order valence-electron chi connectivity index (χ0n) is 16.4. The topological polar surface area (TPSA) is 72.3 Å². The van der Waals surface area contributed by atoms with Crippen molar-refractivity contribution in [3.05, 3.63) is 70.8 Å². The Balaban J connectivity index is 2.19. The number of hydrogen-bond donors (Lipinski definition) is 1. The number of amides is 1. The summed E-state index contributed by atoms with van der Waals surface area (Å²) in [5.41, 5.74) is 4.02. The fourth-order valence-electron chi connectivity index (χ4n) is 2.44. The number of benzene rings is 2. The molecule has 0 aromatic heterocycles. The number of nitrogens with one attached hydrogen (secondary N) is 1. The van der Waals surface area contributed by atoms with Crippen molar-refractivity contribution in [1.82, 2.24) is 5.32 Å². The average Bonchev–Trinajstić information content (AvgIpc) is 2.72. The summed E-state index contributed by atoms with van der Waals surface area (Å²) in [4.78, 5) is 22.5. The van der Waals surface area contributed by atoms with Crippen LogP contribution in [0.1, 0.15) is 29.2 Å². The molecule has 144 valence electrons. The number of nitrogens with zero attached hydrogens (tertiary/aromatic N) is 2. The molecule has 0 aliphatic carbocycles. The van der Waals surface area contributed by atoms with Crippen LogP contribution in [-0.2, 0) is 21.1 Å². The molecular weight excluding hydrogens is 354 g/mol. The number of rotatable bonds is 6. The highest BCUT2D eigenvalue weighted by atomic mass is 16.6. The molecule has 0 saturated carbocycles. The molecule has 2 rings (SSSR count). The molecule has 0 fully saturated rings. The van der Waals surface area contributed by atoms with E-state index < -0.39 is 0 Å². The maximum absolute atomic E-state index is 12.2. The Morgan fingerprint density at radius 1 is 1.11 bits per heavy atom. The Labute approximate surface area is 165 Å². The highest BCUT2D eigenvalue weighted by Gasteiger charge is 2.19. The number of aryl methyl sites for hydroxylation is 1. The van der Waals surface area contributed by atoms with Gasteiger partial charge < -0.3 is 15.0 Å². The molecule has 0 unspecified atom stereocenters. The van der Waals surface area contributed by atoms with E-state index in [4.69, 9.17) is 9.68 Å².